The van der Waals surface area contributed by atoms with Crippen LogP contribution in [0.25, 0.3) is 10.2 Å². The summed E-state index contributed by atoms with van der Waals surface area (Å²) < 4.78 is 1.92. The fraction of sp³-hybridized carbons (Fsp3) is 0.588. The summed E-state index contributed by atoms with van der Waals surface area (Å²) in [6.07, 6.45) is 8.96. The number of nitriles is 1. The number of hydrogen-bond donors (Lipinski definition) is 0. The largest absolute Gasteiger partial charge is 0.284 e. The first kappa shape index (κ1) is 15.2. The zero-order valence-electron chi connectivity index (χ0n) is 13.0. The predicted molar refractivity (Wildman–Crippen MR) is 94.4 cm³/mol. The van der Waals surface area contributed by atoms with Gasteiger partial charge in [0.05, 0.1) is 17.2 Å². The maximum atomic E-state index is 13.3. The molecule has 2 heterocycles. The Bertz CT molecular complexity index is 840. The van der Waals surface area contributed by atoms with Gasteiger partial charge < -0.3 is 0 Å². The molecule has 2 aromatic rings. The second-order valence-corrected chi connectivity index (χ2v) is 8.37. The molecule has 4 rings (SSSR count). The Morgan fingerprint density at radius 2 is 2.04 bits per heavy atom. The molecule has 0 radical (unpaired) electrons. The van der Waals surface area contributed by atoms with Gasteiger partial charge in [-0.15, -0.1) is 11.3 Å². The summed E-state index contributed by atoms with van der Waals surface area (Å²) in [6.45, 7) is 0. The average molecular weight is 345 g/mol. The van der Waals surface area contributed by atoms with E-state index < -0.39 is 0 Å². The predicted octanol–water partition coefficient (Wildman–Crippen LogP) is 4.07. The van der Waals surface area contributed by atoms with Crippen LogP contribution < -0.4 is 5.56 Å². The molecule has 1 saturated carbocycles. The molecule has 0 bridgehead atoms. The molecule has 0 amide bonds. The molecule has 0 N–H and O–H groups in total. The van der Waals surface area contributed by atoms with Crippen molar-refractivity contribution >= 4 is 33.3 Å². The molecular formula is C17H19N3OS2. The highest BCUT2D eigenvalue weighted by Gasteiger charge is 2.26. The van der Waals surface area contributed by atoms with Crippen LogP contribution >= 0.6 is 23.1 Å². The minimum atomic E-state index is 0.140. The van der Waals surface area contributed by atoms with Gasteiger partial charge in [0.15, 0.2) is 5.16 Å². The smallest absolute Gasteiger partial charge is 0.263 e. The molecule has 0 saturated heterocycles. The lowest BCUT2D eigenvalue weighted by molar-refractivity contribution is 0.458. The molecule has 2 aromatic heterocycles. The highest BCUT2D eigenvalue weighted by atomic mass is 32.2. The van der Waals surface area contributed by atoms with E-state index in [-0.39, 0.29) is 11.6 Å². The molecule has 0 atom stereocenters. The SMILES string of the molecule is N#CCSc1nc2sc3c(c2c(=O)n1C1CCCC1)CCCC3. The van der Waals surface area contributed by atoms with Gasteiger partial charge in [-0.25, -0.2) is 4.98 Å². The first-order valence-electron chi connectivity index (χ1n) is 8.36. The third-order valence-electron chi connectivity index (χ3n) is 4.94. The molecule has 2 aliphatic rings. The summed E-state index contributed by atoms with van der Waals surface area (Å²) in [5.74, 6) is 0.343. The number of thioether (sulfide) groups is 1. The highest BCUT2D eigenvalue weighted by molar-refractivity contribution is 7.99. The monoisotopic (exact) mass is 345 g/mol. The van der Waals surface area contributed by atoms with Gasteiger partial charge in [0.1, 0.15) is 4.83 Å². The molecule has 0 aromatic carbocycles. The van der Waals surface area contributed by atoms with Crippen LogP contribution in [0, 0.1) is 11.3 Å². The Balaban J connectivity index is 1.93. The van der Waals surface area contributed by atoms with E-state index >= 15 is 0 Å². The summed E-state index contributed by atoms with van der Waals surface area (Å²) in [5, 5.41) is 10.5. The van der Waals surface area contributed by atoms with Gasteiger partial charge in [-0.2, -0.15) is 5.26 Å². The standard InChI is InChI=1S/C17H19N3OS2/c18-9-10-22-17-19-15-14(12-7-3-4-8-13(12)23-15)16(21)20(17)11-5-1-2-6-11/h11H,1-8,10H2. The van der Waals surface area contributed by atoms with E-state index in [0.717, 1.165) is 41.1 Å². The maximum Gasteiger partial charge on any atom is 0.263 e. The number of aromatic nitrogens is 2. The average Bonchev–Trinajstić information content (AvgIpc) is 3.19. The zero-order chi connectivity index (χ0) is 15.8. The Hall–Kier alpha value is -1.32. The second kappa shape index (κ2) is 6.29. The van der Waals surface area contributed by atoms with E-state index in [9.17, 15) is 4.79 Å². The van der Waals surface area contributed by atoms with Crippen molar-refractivity contribution in [1.29, 1.82) is 5.26 Å². The molecule has 0 aliphatic heterocycles. The fourth-order valence-corrected chi connectivity index (χ4v) is 5.91. The van der Waals surface area contributed by atoms with Crippen LogP contribution in [0.2, 0.25) is 0 Å². The van der Waals surface area contributed by atoms with E-state index in [0.29, 0.717) is 5.75 Å². The topological polar surface area (TPSA) is 58.7 Å². The minimum Gasteiger partial charge on any atom is -0.284 e. The second-order valence-electron chi connectivity index (χ2n) is 6.35. The molecule has 2 aliphatic carbocycles. The summed E-state index contributed by atoms with van der Waals surface area (Å²) in [4.78, 5) is 20.3. The van der Waals surface area contributed by atoms with Crippen molar-refractivity contribution in [3.05, 3.63) is 20.8 Å². The number of rotatable bonds is 3. The first-order chi connectivity index (χ1) is 11.3. The Labute approximate surface area is 143 Å². The molecule has 23 heavy (non-hydrogen) atoms. The van der Waals surface area contributed by atoms with E-state index in [4.69, 9.17) is 10.2 Å². The lowest BCUT2D eigenvalue weighted by Gasteiger charge is -2.18. The summed E-state index contributed by atoms with van der Waals surface area (Å²) in [7, 11) is 0. The van der Waals surface area contributed by atoms with Crippen molar-refractivity contribution in [3.8, 4) is 6.07 Å². The summed E-state index contributed by atoms with van der Waals surface area (Å²) in [5.41, 5.74) is 1.40. The van der Waals surface area contributed by atoms with Crippen LogP contribution in [0.1, 0.15) is 55.0 Å². The van der Waals surface area contributed by atoms with Crippen LogP contribution in [0.15, 0.2) is 9.95 Å². The van der Waals surface area contributed by atoms with Crippen molar-refractivity contribution in [1.82, 2.24) is 9.55 Å². The van der Waals surface area contributed by atoms with Gasteiger partial charge in [0, 0.05) is 10.9 Å². The maximum absolute atomic E-state index is 13.3. The molecule has 0 spiro atoms. The van der Waals surface area contributed by atoms with Crippen molar-refractivity contribution in [2.24, 2.45) is 0 Å². The Kier molecular flexibility index (Phi) is 4.16. The van der Waals surface area contributed by atoms with Gasteiger partial charge in [-0.05, 0) is 44.1 Å². The normalized spacial score (nSPS) is 18.2. The third kappa shape index (κ3) is 2.60. The lowest BCUT2D eigenvalue weighted by Crippen LogP contribution is -2.26. The molecule has 0 unspecified atom stereocenters. The Morgan fingerprint density at radius 1 is 1.26 bits per heavy atom. The fourth-order valence-electron chi connectivity index (χ4n) is 3.88. The zero-order valence-corrected chi connectivity index (χ0v) is 14.6. The molecule has 1 fully saturated rings. The van der Waals surface area contributed by atoms with Gasteiger partial charge in [0.2, 0.25) is 0 Å². The number of aryl methyl sites for hydroxylation is 2. The van der Waals surface area contributed by atoms with Crippen molar-refractivity contribution in [2.75, 3.05) is 5.75 Å². The summed E-state index contributed by atoms with van der Waals surface area (Å²) in [6, 6.07) is 2.43. The minimum absolute atomic E-state index is 0.140. The highest BCUT2D eigenvalue weighted by Crippen LogP contribution is 2.37. The quantitative estimate of drug-likeness (QED) is 0.621. The van der Waals surface area contributed by atoms with E-state index in [1.54, 1.807) is 11.3 Å². The number of fused-ring (bicyclic) bond motifs is 3. The van der Waals surface area contributed by atoms with Crippen LogP contribution in [-0.2, 0) is 12.8 Å². The van der Waals surface area contributed by atoms with Gasteiger partial charge in [-0.3, -0.25) is 9.36 Å². The van der Waals surface area contributed by atoms with E-state index in [1.807, 2.05) is 4.57 Å². The van der Waals surface area contributed by atoms with Crippen molar-refractivity contribution in [3.63, 3.8) is 0 Å². The van der Waals surface area contributed by atoms with Crippen LogP contribution in [-0.4, -0.2) is 15.3 Å². The lowest BCUT2D eigenvalue weighted by atomic mass is 9.97. The van der Waals surface area contributed by atoms with Crippen molar-refractivity contribution < 1.29 is 0 Å². The Morgan fingerprint density at radius 3 is 2.83 bits per heavy atom. The molecule has 6 heteroatoms. The molecular weight excluding hydrogens is 326 g/mol. The van der Waals surface area contributed by atoms with Gasteiger partial charge >= 0.3 is 0 Å². The first-order valence-corrected chi connectivity index (χ1v) is 10.2. The van der Waals surface area contributed by atoms with Crippen molar-refractivity contribution in [2.45, 2.75) is 62.6 Å². The van der Waals surface area contributed by atoms with E-state index in [1.165, 1.54) is 47.9 Å². The summed E-state index contributed by atoms with van der Waals surface area (Å²) >= 11 is 3.10. The van der Waals surface area contributed by atoms with Gasteiger partial charge in [0.25, 0.3) is 5.56 Å². The third-order valence-corrected chi connectivity index (χ3v) is 6.95. The van der Waals surface area contributed by atoms with Crippen LogP contribution in [0.3, 0.4) is 0 Å². The number of hydrogen-bond acceptors (Lipinski definition) is 5. The molecule has 120 valence electrons. The van der Waals surface area contributed by atoms with Gasteiger partial charge in [-0.1, -0.05) is 24.6 Å². The van der Waals surface area contributed by atoms with Crippen LogP contribution in [0.5, 0.6) is 0 Å². The van der Waals surface area contributed by atoms with Crippen LogP contribution in [0.4, 0.5) is 0 Å². The van der Waals surface area contributed by atoms with E-state index in [2.05, 4.69) is 6.07 Å². The molecule has 4 nitrogen and oxygen atoms in total. The number of nitrogens with zero attached hydrogens (tertiary/aromatic N) is 3. The number of thiophene rings is 1.